The first-order valence-electron chi connectivity index (χ1n) is 6.26. The van der Waals surface area contributed by atoms with Gasteiger partial charge in [-0.3, -0.25) is 0 Å². The fourth-order valence-electron chi connectivity index (χ4n) is 2.27. The molecule has 1 aromatic heterocycles. The van der Waals surface area contributed by atoms with Gasteiger partial charge < -0.3 is 14.6 Å². The molecule has 20 heavy (non-hydrogen) atoms. The van der Waals surface area contributed by atoms with Crippen LogP contribution in [0.2, 0.25) is 0 Å². The Morgan fingerprint density at radius 1 is 1.35 bits per heavy atom. The number of thiophene rings is 1. The maximum Gasteiger partial charge on any atom is 0.345 e. The van der Waals surface area contributed by atoms with Crippen LogP contribution in [0.15, 0.2) is 30.3 Å². The maximum atomic E-state index is 10.9. The summed E-state index contributed by atoms with van der Waals surface area (Å²) in [5.74, 6) is 0.440. The van der Waals surface area contributed by atoms with Gasteiger partial charge in [-0.1, -0.05) is 23.5 Å². The third-order valence-corrected chi connectivity index (χ3v) is 4.01. The van der Waals surface area contributed by atoms with E-state index in [1.54, 1.807) is 6.07 Å². The standard InChI is InChI=1S/C15H14O4S/c1-15(2)8-9-4-3-5-10(13(9)19-15)18-12-7-6-11(20-12)14(16)17/h3-7H,8H2,1-2H3,(H,16,17). The molecule has 1 aliphatic rings. The second-order valence-corrected chi connectivity index (χ2v) is 6.36. The molecule has 3 rings (SSSR count). The number of carbonyl (C=O) groups is 1. The zero-order chi connectivity index (χ0) is 14.3. The normalized spacial score (nSPS) is 15.5. The molecule has 0 spiro atoms. The average molecular weight is 290 g/mol. The Morgan fingerprint density at radius 3 is 2.85 bits per heavy atom. The van der Waals surface area contributed by atoms with Gasteiger partial charge in [0.1, 0.15) is 10.5 Å². The lowest BCUT2D eigenvalue weighted by atomic mass is 10.0. The summed E-state index contributed by atoms with van der Waals surface area (Å²) in [6.45, 7) is 4.06. The molecule has 104 valence electrons. The van der Waals surface area contributed by atoms with Crippen LogP contribution in [0, 0.1) is 0 Å². The first-order valence-corrected chi connectivity index (χ1v) is 7.08. The van der Waals surface area contributed by atoms with Crippen molar-refractivity contribution in [2.24, 2.45) is 0 Å². The number of hydrogen-bond donors (Lipinski definition) is 1. The van der Waals surface area contributed by atoms with E-state index in [0.29, 0.717) is 10.8 Å². The van der Waals surface area contributed by atoms with E-state index < -0.39 is 5.97 Å². The summed E-state index contributed by atoms with van der Waals surface area (Å²) >= 11 is 1.10. The number of fused-ring (bicyclic) bond motifs is 1. The number of aromatic carboxylic acids is 1. The van der Waals surface area contributed by atoms with Crippen LogP contribution in [0.4, 0.5) is 0 Å². The number of ether oxygens (including phenoxy) is 2. The van der Waals surface area contributed by atoms with Crippen molar-refractivity contribution >= 4 is 17.3 Å². The smallest absolute Gasteiger partial charge is 0.345 e. The molecule has 0 amide bonds. The second-order valence-electron chi connectivity index (χ2n) is 5.31. The lowest BCUT2D eigenvalue weighted by molar-refractivity contribution is 0.0702. The lowest BCUT2D eigenvalue weighted by Gasteiger charge is -2.17. The first kappa shape index (κ1) is 13.0. The number of carboxylic acids is 1. The van der Waals surface area contributed by atoms with Gasteiger partial charge in [-0.15, -0.1) is 0 Å². The van der Waals surface area contributed by atoms with Gasteiger partial charge in [0.05, 0.1) is 0 Å². The van der Waals surface area contributed by atoms with E-state index >= 15 is 0 Å². The zero-order valence-electron chi connectivity index (χ0n) is 11.2. The molecule has 1 aromatic carbocycles. The van der Waals surface area contributed by atoms with Crippen molar-refractivity contribution in [2.45, 2.75) is 25.9 Å². The minimum Gasteiger partial charge on any atom is -0.483 e. The van der Waals surface area contributed by atoms with Crippen molar-refractivity contribution in [3.8, 4) is 16.6 Å². The van der Waals surface area contributed by atoms with E-state index in [4.69, 9.17) is 14.6 Å². The second kappa shape index (κ2) is 4.52. The molecule has 0 unspecified atom stereocenters. The molecule has 1 N–H and O–H groups in total. The molecule has 0 fully saturated rings. The summed E-state index contributed by atoms with van der Waals surface area (Å²) < 4.78 is 11.7. The van der Waals surface area contributed by atoms with E-state index in [2.05, 4.69) is 0 Å². The van der Waals surface area contributed by atoms with E-state index in [0.717, 1.165) is 29.1 Å². The zero-order valence-corrected chi connectivity index (χ0v) is 12.0. The molecule has 4 nitrogen and oxygen atoms in total. The summed E-state index contributed by atoms with van der Waals surface area (Å²) in [5.41, 5.74) is 0.881. The largest absolute Gasteiger partial charge is 0.483 e. The molecule has 2 heterocycles. The summed E-state index contributed by atoms with van der Waals surface area (Å²) in [6.07, 6.45) is 0.838. The van der Waals surface area contributed by atoms with Crippen molar-refractivity contribution in [3.05, 3.63) is 40.8 Å². The van der Waals surface area contributed by atoms with E-state index in [9.17, 15) is 4.79 Å². The van der Waals surface area contributed by atoms with Gasteiger partial charge in [-0.05, 0) is 32.0 Å². The number of para-hydroxylation sites is 1. The van der Waals surface area contributed by atoms with Crippen LogP contribution in [0.5, 0.6) is 16.6 Å². The SMILES string of the molecule is CC1(C)Cc2cccc(Oc3ccc(C(=O)O)s3)c2O1. The third kappa shape index (κ3) is 2.36. The van der Waals surface area contributed by atoms with E-state index in [-0.39, 0.29) is 10.5 Å². The van der Waals surface area contributed by atoms with Crippen molar-refractivity contribution in [1.29, 1.82) is 0 Å². The molecule has 0 bridgehead atoms. The highest BCUT2D eigenvalue weighted by atomic mass is 32.1. The summed E-state index contributed by atoms with van der Waals surface area (Å²) in [4.78, 5) is 11.1. The van der Waals surface area contributed by atoms with E-state index in [1.807, 2.05) is 32.0 Å². The lowest BCUT2D eigenvalue weighted by Crippen LogP contribution is -2.24. The predicted molar refractivity (Wildman–Crippen MR) is 76.2 cm³/mol. The van der Waals surface area contributed by atoms with Gasteiger partial charge in [0.15, 0.2) is 16.6 Å². The molecule has 0 aliphatic carbocycles. The van der Waals surface area contributed by atoms with Crippen molar-refractivity contribution in [1.82, 2.24) is 0 Å². The van der Waals surface area contributed by atoms with Gasteiger partial charge >= 0.3 is 5.97 Å². The summed E-state index contributed by atoms with van der Waals surface area (Å²) in [7, 11) is 0. The molecule has 2 aromatic rings. The maximum absolute atomic E-state index is 10.9. The highest BCUT2D eigenvalue weighted by Gasteiger charge is 2.32. The predicted octanol–water partition coefficient (Wildman–Crippen LogP) is 3.95. The Bertz CT molecular complexity index is 672. The Morgan fingerprint density at radius 2 is 2.15 bits per heavy atom. The van der Waals surface area contributed by atoms with Gasteiger partial charge in [0, 0.05) is 12.0 Å². The van der Waals surface area contributed by atoms with Crippen LogP contribution < -0.4 is 9.47 Å². The Kier molecular flexibility index (Phi) is 2.94. The molecule has 0 saturated heterocycles. The van der Waals surface area contributed by atoms with Crippen LogP contribution >= 0.6 is 11.3 Å². The quantitative estimate of drug-likeness (QED) is 0.929. The molecule has 5 heteroatoms. The molecular weight excluding hydrogens is 276 g/mol. The Hall–Kier alpha value is -2.01. The topological polar surface area (TPSA) is 55.8 Å². The molecule has 0 atom stereocenters. The van der Waals surface area contributed by atoms with Crippen LogP contribution in [-0.2, 0) is 6.42 Å². The monoisotopic (exact) mass is 290 g/mol. The number of carboxylic acid groups (broad SMARTS) is 1. The number of benzene rings is 1. The van der Waals surface area contributed by atoms with Crippen LogP contribution in [-0.4, -0.2) is 16.7 Å². The average Bonchev–Trinajstić information content (AvgIpc) is 2.92. The number of hydrogen-bond acceptors (Lipinski definition) is 4. The Labute approximate surface area is 120 Å². The van der Waals surface area contributed by atoms with E-state index in [1.165, 1.54) is 6.07 Å². The van der Waals surface area contributed by atoms with Gasteiger partial charge in [0.2, 0.25) is 0 Å². The van der Waals surface area contributed by atoms with Gasteiger partial charge in [-0.25, -0.2) is 4.79 Å². The van der Waals surface area contributed by atoms with Crippen molar-refractivity contribution in [3.63, 3.8) is 0 Å². The van der Waals surface area contributed by atoms with Crippen molar-refractivity contribution in [2.75, 3.05) is 0 Å². The summed E-state index contributed by atoms with van der Waals surface area (Å²) in [6, 6.07) is 8.98. The molecule has 0 radical (unpaired) electrons. The number of rotatable bonds is 3. The van der Waals surface area contributed by atoms with Gasteiger partial charge in [0.25, 0.3) is 0 Å². The summed E-state index contributed by atoms with van der Waals surface area (Å²) in [5, 5.41) is 9.46. The Balaban J connectivity index is 1.89. The first-order chi connectivity index (χ1) is 9.44. The fourth-order valence-corrected chi connectivity index (χ4v) is 2.97. The highest BCUT2D eigenvalue weighted by molar-refractivity contribution is 7.15. The molecular formula is C15H14O4S. The van der Waals surface area contributed by atoms with Gasteiger partial charge in [-0.2, -0.15) is 0 Å². The molecule has 1 aliphatic heterocycles. The fraction of sp³-hybridized carbons (Fsp3) is 0.267. The van der Waals surface area contributed by atoms with Crippen LogP contribution in [0.1, 0.15) is 29.1 Å². The third-order valence-electron chi connectivity index (χ3n) is 3.06. The molecule has 0 saturated carbocycles. The van der Waals surface area contributed by atoms with Crippen molar-refractivity contribution < 1.29 is 19.4 Å². The highest BCUT2D eigenvalue weighted by Crippen LogP contribution is 2.44. The minimum atomic E-state index is -0.944. The van der Waals surface area contributed by atoms with Crippen LogP contribution in [0.25, 0.3) is 0 Å². The van der Waals surface area contributed by atoms with Crippen LogP contribution in [0.3, 0.4) is 0 Å². The minimum absolute atomic E-state index is 0.233.